The zero-order chi connectivity index (χ0) is 24.9. The van der Waals surface area contributed by atoms with E-state index in [9.17, 15) is 14.7 Å². The van der Waals surface area contributed by atoms with Gasteiger partial charge < -0.3 is 9.84 Å². The number of halogens is 1. The number of aryl methyl sites for hydroxylation is 2. The molecule has 3 aromatic carbocycles. The summed E-state index contributed by atoms with van der Waals surface area (Å²) in [4.78, 5) is 32.8. The van der Waals surface area contributed by atoms with E-state index >= 15 is 0 Å². The second-order valence-corrected chi connectivity index (χ2v) is 10.3. The monoisotopic (exact) mass is 548 g/mol. The summed E-state index contributed by atoms with van der Waals surface area (Å²) in [6.07, 6.45) is 0. The number of aliphatic hydroxyl groups excluding tert-OH is 1. The number of thiazole rings is 1. The highest BCUT2D eigenvalue weighted by Gasteiger charge is 2.48. The van der Waals surface area contributed by atoms with E-state index in [0.717, 1.165) is 25.8 Å². The molecule has 1 aliphatic heterocycles. The number of benzene rings is 3. The number of hydrogen-bond donors (Lipinski definition) is 1. The Morgan fingerprint density at radius 3 is 2.60 bits per heavy atom. The van der Waals surface area contributed by atoms with Gasteiger partial charge in [-0.2, -0.15) is 0 Å². The SMILES string of the molecule is COc1ccc(C(O)=C2C(=O)C(=O)N(c3nc4ccc(C)cc4s3)C2c2cccc(Br)c2)cc1C. The minimum absolute atomic E-state index is 0.0214. The molecule has 1 unspecified atom stereocenters. The number of ether oxygens (including phenoxy) is 1. The van der Waals surface area contributed by atoms with Crippen LogP contribution in [0.3, 0.4) is 0 Å². The first-order valence-corrected chi connectivity index (χ1v) is 12.5. The second-order valence-electron chi connectivity index (χ2n) is 8.38. The predicted octanol–water partition coefficient (Wildman–Crippen LogP) is 6.31. The topological polar surface area (TPSA) is 79.7 Å². The molecule has 0 aliphatic carbocycles. The normalized spacial score (nSPS) is 17.4. The van der Waals surface area contributed by atoms with Crippen LogP contribution >= 0.6 is 27.3 Å². The molecule has 176 valence electrons. The lowest BCUT2D eigenvalue weighted by Gasteiger charge is -2.23. The Bertz CT molecular complexity index is 1540. The van der Waals surface area contributed by atoms with Gasteiger partial charge in [0.15, 0.2) is 5.13 Å². The first kappa shape index (κ1) is 23.3. The number of ketones is 1. The van der Waals surface area contributed by atoms with Crippen molar-refractivity contribution in [1.82, 2.24) is 4.98 Å². The molecular formula is C27H21BrN2O4S. The Balaban J connectivity index is 1.73. The zero-order valence-corrected chi connectivity index (χ0v) is 21.6. The number of fused-ring (bicyclic) bond motifs is 1. The highest BCUT2D eigenvalue weighted by Crippen LogP contribution is 2.45. The van der Waals surface area contributed by atoms with Crippen LogP contribution in [0.1, 0.15) is 28.3 Å². The number of aromatic nitrogens is 1. The summed E-state index contributed by atoms with van der Waals surface area (Å²) in [7, 11) is 1.57. The van der Waals surface area contributed by atoms with Crippen LogP contribution in [0.25, 0.3) is 16.0 Å². The largest absolute Gasteiger partial charge is 0.507 e. The Labute approximate surface area is 214 Å². The number of carbonyl (C=O) groups is 2. The summed E-state index contributed by atoms with van der Waals surface area (Å²) >= 11 is 4.83. The van der Waals surface area contributed by atoms with Crippen LogP contribution in [0.4, 0.5) is 5.13 Å². The maximum absolute atomic E-state index is 13.4. The molecule has 1 fully saturated rings. The smallest absolute Gasteiger partial charge is 0.301 e. The molecule has 6 nitrogen and oxygen atoms in total. The van der Waals surface area contributed by atoms with Crippen LogP contribution in [0, 0.1) is 13.8 Å². The van der Waals surface area contributed by atoms with E-state index in [1.54, 1.807) is 25.3 Å². The molecule has 0 bridgehead atoms. The van der Waals surface area contributed by atoms with Gasteiger partial charge in [0, 0.05) is 10.0 Å². The number of carbonyl (C=O) groups excluding carboxylic acids is 2. The van der Waals surface area contributed by atoms with Gasteiger partial charge in [0.05, 0.1) is 28.9 Å². The fourth-order valence-corrected chi connectivity index (χ4v) is 5.83. The van der Waals surface area contributed by atoms with Crippen molar-refractivity contribution in [1.29, 1.82) is 0 Å². The summed E-state index contributed by atoms with van der Waals surface area (Å²) in [5.74, 6) is -1.05. The van der Waals surface area contributed by atoms with Gasteiger partial charge in [0.1, 0.15) is 11.5 Å². The average molecular weight is 549 g/mol. The second kappa shape index (κ2) is 8.94. The molecule has 4 aromatic rings. The Morgan fingerprint density at radius 1 is 1.09 bits per heavy atom. The van der Waals surface area contributed by atoms with Gasteiger partial charge in [-0.1, -0.05) is 45.5 Å². The van der Waals surface area contributed by atoms with Crippen molar-refractivity contribution in [2.75, 3.05) is 12.0 Å². The molecule has 1 atom stereocenters. The van der Waals surface area contributed by atoms with Crippen LogP contribution in [-0.4, -0.2) is 28.9 Å². The lowest BCUT2D eigenvalue weighted by molar-refractivity contribution is -0.132. The van der Waals surface area contributed by atoms with Crippen molar-refractivity contribution in [2.24, 2.45) is 0 Å². The van der Waals surface area contributed by atoms with Gasteiger partial charge in [-0.15, -0.1) is 0 Å². The van der Waals surface area contributed by atoms with Crippen LogP contribution in [0.5, 0.6) is 5.75 Å². The number of nitrogens with zero attached hydrogens (tertiary/aromatic N) is 2. The fraction of sp³-hybridized carbons (Fsp3) is 0.148. The van der Waals surface area contributed by atoms with Gasteiger partial charge in [-0.05, 0) is 73.0 Å². The molecule has 1 saturated heterocycles. The summed E-state index contributed by atoms with van der Waals surface area (Å²) in [5, 5.41) is 11.8. The number of rotatable bonds is 4. The molecule has 5 rings (SSSR count). The number of Topliss-reactive ketones (excluding diaryl/α,β-unsaturated/α-hetero) is 1. The Hall–Kier alpha value is -3.49. The van der Waals surface area contributed by atoms with E-state index in [-0.39, 0.29) is 11.3 Å². The van der Waals surface area contributed by atoms with Crippen molar-refractivity contribution < 1.29 is 19.4 Å². The number of anilines is 1. The Kier molecular flexibility index (Phi) is 5.94. The first-order valence-electron chi connectivity index (χ1n) is 10.9. The maximum atomic E-state index is 13.4. The number of amides is 1. The van der Waals surface area contributed by atoms with Crippen molar-refractivity contribution in [3.8, 4) is 5.75 Å². The standard InChI is InChI=1S/C27H21BrN2O4S/c1-14-7-9-19-21(11-14)35-27(29-19)30-23(16-5-4-6-18(28)13-16)22(25(32)26(30)33)24(31)17-8-10-20(34-3)15(2)12-17/h4-13,23,31H,1-3H3. The minimum atomic E-state index is -0.837. The number of methoxy groups -OCH3 is 1. The molecule has 35 heavy (non-hydrogen) atoms. The van der Waals surface area contributed by atoms with E-state index in [1.165, 1.54) is 16.2 Å². The van der Waals surface area contributed by atoms with Crippen LogP contribution < -0.4 is 9.64 Å². The lowest BCUT2D eigenvalue weighted by atomic mass is 9.95. The molecule has 0 spiro atoms. The Morgan fingerprint density at radius 2 is 1.89 bits per heavy atom. The third-order valence-electron chi connectivity index (χ3n) is 6.02. The van der Waals surface area contributed by atoms with Crippen molar-refractivity contribution in [2.45, 2.75) is 19.9 Å². The molecule has 0 saturated carbocycles. The van der Waals surface area contributed by atoms with E-state index in [1.807, 2.05) is 56.3 Å². The number of hydrogen-bond acceptors (Lipinski definition) is 6. The number of aliphatic hydroxyl groups is 1. The van der Waals surface area contributed by atoms with Crippen molar-refractivity contribution >= 4 is 60.1 Å². The minimum Gasteiger partial charge on any atom is -0.507 e. The molecule has 8 heteroatoms. The lowest BCUT2D eigenvalue weighted by Crippen LogP contribution is -2.29. The first-order chi connectivity index (χ1) is 16.8. The van der Waals surface area contributed by atoms with Crippen LogP contribution in [-0.2, 0) is 9.59 Å². The summed E-state index contributed by atoms with van der Waals surface area (Å²) in [6, 6.07) is 17.5. The average Bonchev–Trinajstić information content (AvgIpc) is 3.36. The van der Waals surface area contributed by atoms with E-state index in [2.05, 4.69) is 20.9 Å². The quantitative estimate of drug-likeness (QED) is 0.183. The molecule has 1 aliphatic rings. The van der Waals surface area contributed by atoms with E-state index in [4.69, 9.17) is 4.74 Å². The predicted molar refractivity (Wildman–Crippen MR) is 141 cm³/mol. The van der Waals surface area contributed by atoms with Gasteiger partial charge in [-0.25, -0.2) is 4.98 Å². The molecule has 1 amide bonds. The molecule has 1 aromatic heterocycles. The van der Waals surface area contributed by atoms with Gasteiger partial charge >= 0.3 is 5.91 Å². The molecular weight excluding hydrogens is 528 g/mol. The van der Waals surface area contributed by atoms with Crippen LogP contribution in [0.15, 0.2) is 70.7 Å². The molecule has 1 N–H and O–H groups in total. The fourth-order valence-electron chi connectivity index (χ4n) is 4.33. The van der Waals surface area contributed by atoms with Gasteiger partial charge in [0.25, 0.3) is 5.78 Å². The summed E-state index contributed by atoms with van der Waals surface area (Å²) < 4.78 is 7.03. The van der Waals surface area contributed by atoms with Crippen LogP contribution in [0.2, 0.25) is 0 Å². The van der Waals surface area contributed by atoms with Crippen molar-refractivity contribution in [3.05, 3.63) is 93.0 Å². The van der Waals surface area contributed by atoms with Gasteiger partial charge in [-0.3, -0.25) is 14.5 Å². The van der Waals surface area contributed by atoms with E-state index in [0.29, 0.717) is 22.0 Å². The van der Waals surface area contributed by atoms with Crippen molar-refractivity contribution in [3.63, 3.8) is 0 Å². The maximum Gasteiger partial charge on any atom is 0.301 e. The summed E-state index contributed by atoms with van der Waals surface area (Å²) in [5.41, 5.74) is 3.76. The highest BCUT2D eigenvalue weighted by molar-refractivity contribution is 9.10. The molecule has 2 heterocycles. The zero-order valence-electron chi connectivity index (χ0n) is 19.2. The third kappa shape index (κ3) is 4.02. The highest BCUT2D eigenvalue weighted by atomic mass is 79.9. The van der Waals surface area contributed by atoms with Gasteiger partial charge in [0.2, 0.25) is 0 Å². The molecule has 0 radical (unpaired) electrons. The van der Waals surface area contributed by atoms with E-state index < -0.39 is 17.7 Å². The third-order valence-corrected chi connectivity index (χ3v) is 7.53. The summed E-state index contributed by atoms with van der Waals surface area (Å²) in [6.45, 7) is 3.84.